The lowest BCUT2D eigenvalue weighted by Crippen LogP contribution is -2.50. The van der Waals surface area contributed by atoms with E-state index in [9.17, 15) is 27.6 Å². The van der Waals surface area contributed by atoms with Gasteiger partial charge in [-0.15, -0.1) is 0 Å². The highest BCUT2D eigenvalue weighted by Crippen LogP contribution is 2.30. The van der Waals surface area contributed by atoms with Crippen LogP contribution in [0.25, 0.3) is 0 Å². The van der Waals surface area contributed by atoms with Gasteiger partial charge in [-0.2, -0.15) is 5.06 Å². The van der Waals surface area contributed by atoms with E-state index in [0.717, 1.165) is 4.90 Å². The Kier molecular flexibility index (Phi) is 5.50. The summed E-state index contributed by atoms with van der Waals surface area (Å²) >= 11 is 0. The molecule has 2 saturated heterocycles. The smallest absolute Gasteiger partial charge is 0.368 e. The van der Waals surface area contributed by atoms with Crippen LogP contribution >= 0.6 is 0 Å². The molecule has 0 aliphatic carbocycles. The molecule has 0 aromatic carbocycles. The fraction of sp³-hybridized carbons (Fsp3) is 0.667. The molecule has 28 heavy (non-hydrogen) atoms. The van der Waals surface area contributed by atoms with E-state index in [-0.39, 0.29) is 13.2 Å². The van der Waals surface area contributed by atoms with Gasteiger partial charge in [0.05, 0.1) is 25.7 Å². The van der Waals surface area contributed by atoms with Crippen molar-refractivity contribution >= 4 is 17.9 Å². The Hall–Kier alpha value is -2.38. The number of halogens is 3. The summed E-state index contributed by atoms with van der Waals surface area (Å²) in [5.41, 5.74) is 2.57. The lowest BCUT2D eigenvalue weighted by atomic mass is 10.0. The Morgan fingerprint density at radius 2 is 2.21 bits per heavy atom. The van der Waals surface area contributed by atoms with E-state index in [1.807, 2.05) is 0 Å². The quantitative estimate of drug-likeness (QED) is 0.393. The SMILES string of the molecule is CC1=C[C@H]2CN(C(=O)N2O[C@@H](F)C(=O)O)[C@@H]1C(=O)NOC[C@@H]1CC(F)(F)CN1. The number of rotatable bonds is 7. The second kappa shape index (κ2) is 7.56. The summed E-state index contributed by atoms with van der Waals surface area (Å²) in [5.74, 6) is -5.44. The van der Waals surface area contributed by atoms with E-state index >= 15 is 0 Å². The lowest BCUT2D eigenvalue weighted by molar-refractivity contribution is -0.219. The largest absolute Gasteiger partial charge is 0.477 e. The summed E-state index contributed by atoms with van der Waals surface area (Å²) in [6, 6.07) is -3.34. The predicted octanol–water partition coefficient (Wildman–Crippen LogP) is -0.222. The first-order valence-electron chi connectivity index (χ1n) is 8.44. The predicted molar refractivity (Wildman–Crippen MR) is 84.3 cm³/mol. The van der Waals surface area contributed by atoms with Crippen molar-refractivity contribution in [3.05, 3.63) is 11.6 Å². The minimum Gasteiger partial charge on any atom is -0.477 e. The first-order valence-corrected chi connectivity index (χ1v) is 8.44. The number of carbonyl (C=O) groups excluding carboxylic acids is 2. The van der Waals surface area contributed by atoms with E-state index in [4.69, 9.17) is 9.94 Å². The summed E-state index contributed by atoms with van der Waals surface area (Å²) in [4.78, 5) is 46.0. The number of alkyl halides is 3. The summed E-state index contributed by atoms with van der Waals surface area (Å²) in [5, 5.41) is 11.7. The molecular weight excluding hydrogens is 389 g/mol. The van der Waals surface area contributed by atoms with Crippen LogP contribution in [0.3, 0.4) is 0 Å². The number of nitrogens with one attached hydrogen (secondary N) is 2. The number of hydroxylamine groups is 3. The van der Waals surface area contributed by atoms with Crippen molar-refractivity contribution in [1.29, 1.82) is 0 Å². The van der Waals surface area contributed by atoms with Gasteiger partial charge in [0.2, 0.25) is 0 Å². The number of aliphatic carboxylic acids is 1. The minimum atomic E-state index is -2.83. The normalized spacial score (nSPS) is 29.6. The van der Waals surface area contributed by atoms with Gasteiger partial charge >= 0.3 is 18.4 Å². The standard InChI is InChI=1S/C15H19F3N4O6/c1-7-2-9-4-21(14(26)22(9)28-11(16)13(24)25)10(7)12(23)20-27-5-8-3-15(17,18)6-19-8/h2,8-11,19H,3-6H2,1H3,(H,20,23)(H,24,25)/t8-,9-,10-,11+/m0/s1. The molecule has 3 aliphatic heterocycles. The fourth-order valence-corrected chi connectivity index (χ4v) is 3.40. The van der Waals surface area contributed by atoms with Crippen molar-refractivity contribution < 1.29 is 42.3 Å². The molecule has 3 amide bonds. The third kappa shape index (κ3) is 4.05. The highest BCUT2D eigenvalue weighted by molar-refractivity contribution is 5.91. The van der Waals surface area contributed by atoms with Crippen LogP contribution in [0.1, 0.15) is 13.3 Å². The summed E-state index contributed by atoms with van der Waals surface area (Å²) in [7, 11) is 0. The number of amides is 3. The first-order chi connectivity index (χ1) is 13.1. The second-order valence-corrected chi connectivity index (χ2v) is 6.82. The summed E-state index contributed by atoms with van der Waals surface area (Å²) < 4.78 is 39.5. The van der Waals surface area contributed by atoms with E-state index in [2.05, 4.69) is 15.6 Å². The van der Waals surface area contributed by atoms with Gasteiger partial charge in [-0.3, -0.25) is 9.63 Å². The topological polar surface area (TPSA) is 120 Å². The molecule has 0 spiro atoms. The molecule has 10 nitrogen and oxygen atoms in total. The van der Waals surface area contributed by atoms with Crippen LogP contribution in [0, 0.1) is 0 Å². The van der Waals surface area contributed by atoms with Crippen molar-refractivity contribution in [1.82, 2.24) is 20.8 Å². The van der Waals surface area contributed by atoms with Crippen LogP contribution < -0.4 is 10.8 Å². The Morgan fingerprint density at radius 3 is 2.82 bits per heavy atom. The average molecular weight is 408 g/mol. The zero-order valence-corrected chi connectivity index (χ0v) is 14.7. The molecule has 3 N–H and O–H groups in total. The van der Waals surface area contributed by atoms with Crippen LogP contribution in [0.15, 0.2) is 11.6 Å². The van der Waals surface area contributed by atoms with E-state index in [0.29, 0.717) is 10.6 Å². The highest BCUT2D eigenvalue weighted by atomic mass is 19.3. The molecule has 0 aromatic rings. The number of nitrogens with zero attached hydrogens (tertiary/aromatic N) is 2. The maximum absolute atomic E-state index is 13.3. The number of hydrogen-bond acceptors (Lipinski definition) is 6. The molecule has 4 atom stereocenters. The van der Waals surface area contributed by atoms with Crippen LogP contribution in [0.4, 0.5) is 18.0 Å². The molecule has 3 aliphatic rings. The Balaban J connectivity index is 1.57. The number of carboxylic acids is 1. The van der Waals surface area contributed by atoms with Crippen molar-refractivity contribution in [3.63, 3.8) is 0 Å². The van der Waals surface area contributed by atoms with E-state index in [1.165, 1.54) is 6.08 Å². The van der Waals surface area contributed by atoms with Crippen molar-refractivity contribution in [2.75, 3.05) is 19.7 Å². The Labute approximate surface area is 157 Å². The monoisotopic (exact) mass is 408 g/mol. The highest BCUT2D eigenvalue weighted by Gasteiger charge is 2.49. The van der Waals surface area contributed by atoms with E-state index < -0.39 is 61.3 Å². The molecule has 0 radical (unpaired) electrons. The van der Waals surface area contributed by atoms with Gasteiger partial charge in [-0.05, 0) is 12.5 Å². The number of carbonyl (C=O) groups is 3. The maximum atomic E-state index is 13.3. The Morgan fingerprint density at radius 1 is 1.50 bits per heavy atom. The molecule has 2 bridgehead atoms. The third-order valence-corrected chi connectivity index (χ3v) is 4.62. The summed E-state index contributed by atoms with van der Waals surface area (Å²) in [6.45, 7) is 0.885. The van der Waals surface area contributed by atoms with Gasteiger partial charge < -0.3 is 15.3 Å². The van der Waals surface area contributed by atoms with E-state index in [1.54, 1.807) is 6.92 Å². The lowest BCUT2D eigenvalue weighted by Gasteiger charge is -2.28. The molecule has 2 fully saturated rings. The summed E-state index contributed by atoms with van der Waals surface area (Å²) in [6.07, 6.45) is -1.66. The molecule has 0 saturated carbocycles. The van der Waals surface area contributed by atoms with Gasteiger partial charge in [-0.25, -0.2) is 33.1 Å². The molecule has 3 rings (SSSR count). The van der Waals surface area contributed by atoms with Gasteiger partial charge in [0.25, 0.3) is 11.8 Å². The minimum absolute atomic E-state index is 0.0169. The zero-order valence-electron chi connectivity index (χ0n) is 14.7. The van der Waals surface area contributed by atoms with Gasteiger partial charge in [0, 0.05) is 12.5 Å². The van der Waals surface area contributed by atoms with Gasteiger partial charge in [-0.1, -0.05) is 6.08 Å². The van der Waals surface area contributed by atoms with Gasteiger partial charge in [0.15, 0.2) is 0 Å². The molecule has 0 unspecified atom stereocenters. The van der Waals surface area contributed by atoms with Crippen molar-refractivity contribution in [2.45, 2.75) is 43.8 Å². The number of hydrogen-bond donors (Lipinski definition) is 3. The molecule has 13 heteroatoms. The van der Waals surface area contributed by atoms with Crippen LogP contribution in [-0.2, 0) is 19.3 Å². The number of carboxylic acid groups (broad SMARTS) is 1. The van der Waals surface area contributed by atoms with Crippen LogP contribution in [-0.4, -0.2) is 83.1 Å². The molecule has 0 aromatic heterocycles. The molecular formula is C15H19F3N4O6. The molecule has 156 valence electrons. The van der Waals surface area contributed by atoms with Gasteiger partial charge in [0.1, 0.15) is 6.04 Å². The number of urea groups is 1. The molecule has 3 heterocycles. The second-order valence-electron chi connectivity index (χ2n) is 6.82. The maximum Gasteiger partial charge on any atom is 0.368 e. The van der Waals surface area contributed by atoms with Crippen LogP contribution in [0.5, 0.6) is 0 Å². The fourth-order valence-electron chi connectivity index (χ4n) is 3.40. The third-order valence-electron chi connectivity index (χ3n) is 4.62. The zero-order chi connectivity index (χ0) is 20.6. The average Bonchev–Trinajstić information content (AvgIpc) is 3.06. The van der Waals surface area contributed by atoms with Crippen molar-refractivity contribution in [3.8, 4) is 0 Å². The van der Waals surface area contributed by atoms with Crippen molar-refractivity contribution in [2.24, 2.45) is 0 Å². The van der Waals surface area contributed by atoms with Crippen LogP contribution in [0.2, 0.25) is 0 Å². The Bertz CT molecular complexity index is 705. The number of fused-ring (bicyclic) bond motifs is 2. The first kappa shape index (κ1) is 20.4.